The zero-order valence-corrected chi connectivity index (χ0v) is 18.3. The summed E-state index contributed by atoms with van der Waals surface area (Å²) >= 11 is 0. The minimum absolute atomic E-state index is 0.135. The molecule has 0 fully saturated rings. The number of halogens is 2. The largest absolute Gasteiger partial charge is 0.439 e. The number of hydrogen-bond acceptors (Lipinski definition) is 3. The fourth-order valence-corrected chi connectivity index (χ4v) is 3.57. The highest BCUT2D eigenvalue weighted by Gasteiger charge is 2.21. The summed E-state index contributed by atoms with van der Waals surface area (Å²) in [4.78, 5) is 12.5. The van der Waals surface area contributed by atoms with Gasteiger partial charge < -0.3 is 10.1 Å². The Morgan fingerprint density at radius 1 is 0.970 bits per heavy atom. The van der Waals surface area contributed by atoms with Gasteiger partial charge >= 0.3 is 0 Å². The van der Waals surface area contributed by atoms with E-state index in [1.807, 2.05) is 38.1 Å². The lowest BCUT2D eigenvalue weighted by molar-refractivity contribution is -0.116. The average molecular weight is 447 g/mol. The number of nitrogens with zero attached hydrogens (tertiary/aromatic N) is 2. The summed E-state index contributed by atoms with van der Waals surface area (Å²) in [5.74, 6) is -0.349. The zero-order chi connectivity index (χ0) is 23.4. The van der Waals surface area contributed by atoms with Crippen molar-refractivity contribution < 1.29 is 18.3 Å². The zero-order valence-electron chi connectivity index (χ0n) is 18.3. The van der Waals surface area contributed by atoms with Gasteiger partial charge in [-0.25, -0.2) is 8.78 Å². The number of carbonyl (C=O) groups is 1. The van der Waals surface area contributed by atoms with Gasteiger partial charge in [-0.3, -0.25) is 4.79 Å². The highest BCUT2D eigenvalue weighted by atomic mass is 19.1. The molecule has 5 nitrogen and oxygen atoms in total. The standard InChI is InChI=1S/C26H23F2N3O2/c1-17-7-3-4-12-24(17)31-26(33-22-11-6-9-20(28)16-22)23(18(2)30-31)13-14-25(32)29-21-10-5-8-19(27)15-21/h3-12,15-16H,13-14H2,1-2H3,(H,29,32). The van der Waals surface area contributed by atoms with Gasteiger partial charge in [0.2, 0.25) is 11.8 Å². The molecule has 1 amide bonds. The van der Waals surface area contributed by atoms with Crippen molar-refractivity contribution in [2.75, 3.05) is 5.32 Å². The Bertz CT molecular complexity index is 1300. The molecule has 0 saturated heterocycles. The SMILES string of the molecule is Cc1ccccc1-n1nc(C)c(CCC(=O)Nc2cccc(F)c2)c1Oc1cccc(F)c1. The van der Waals surface area contributed by atoms with Crippen molar-refractivity contribution in [1.82, 2.24) is 9.78 Å². The molecule has 168 valence electrons. The van der Waals surface area contributed by atoms with Crippen LogP contribution in [0.1, 0.15) is 23.2 Å². The van der Waals surface area contributed by atoms with Gasteiger partial charge in [-0.1, -0.05) is 30.3 Å². The van der Waals surface area contributed by atoms with Crippen LogP contribution < -0.4 is 10.1 Å². The number of amides is 1. The lowest BCUT2D eigenvalue weighted by atomic mass is 10.1. The third-order valence-corrected chi connectivity index (χ3v) is 5.20. The second-order valence-corrected chi connectivity index (χ2v) is 7.69. The van der Waals surface area contributed by atoms with E-state index in [-0.39, 0.29) is 12.3 Å². The minimum Gasteiger partial charge on any atom is -0.439 e. The number of ether oxygens (including phenoxy) is 1. The van der Waals surface area contributed by atoms with Crippen molar-refractivity contribution in [2.24, 2.45) is 0 Å². The summed E-state index contributed by atoms with van der Waals surface area (Å²) in [7, 11) is 0. The van der Waals surface area contributed by atoms with Gasteiger partial charge in [0.25, 0.3) is 0 Å². The fraction of sp³-hybridized carbons (Fsp3) is 0.154. The first-order chi connectivity index (χ1) is 15.9. The Morgan fingerprint density at radius 3 is 2.42 bits per heavy atom. The maximum Gasteiger partial charge on any atom is 0.226 e. The summed E-state index contributed by atoms with van der Waals surface area (Å²) in [6, 6.07) is 19.3. The Balaban J connectivity index is 1.63. The molecule has 33 heavy (non-hydrogen) atoms. The Labute approximate surface area is 190 Å². The second-order valence-electron chi connectivity index (χ2n) is 7.69. The number of hydrogen-bond donors (Lipinski definition) is 1. The van der Waals surface area contributed by atoms with E-state index in [1.165, 1.54) is 30.3 Å². The molecule has 0 radical (unpaired) electrons. The molecular formula is C26H23F2N3O2. The van der Waals surface area contributed by atoms with Gasteiger partial charge in [0, 0.05) is 23.7 Å². The molecule has 1 aromatic heterocycles. The van der Waals surface area contributed by atoms with Gasteiger partial charge in [-0.2, -0.15) is 9.78 Å². The Hall–Kier alpha value is -4.00. The van der Waals surface area contributed by atoms with Crippen molar-refractivity contribution in [2.45, 2.75) is 26.7 Å². The maximum atomic E-state index is 13.8. The Kier molecular flexibility index (Phi) is 6.49. The number of rotatable bonds is 7. The molecule has 0 spiro atoms. The van der Waals surface area contributed by atoms with E-state index in [2.05, 4.69) is 10.4 Å². The quantitative estimate of drug-likeness (QED) is 0.371. The summed E-state index contributed by atoms with van der Waals surface area (Å²) in [6.07, 6.45) is 0.472. The third kappa shape index (κ3) is 5.26. The highest BCUT2D eigenvalue weighted by Crippen LogP contribution is 2.32. The molecule has 0 saturated carbocycles. The van der Waals surface area contributed by atoms with Crippen molar-refractivity contribution in [3.8, 4) is 17.3 Å². The second kappa shape index (κ2) is 9.65. The van der Waals surface area contributed by atoms with Crippen LogP contribution >= 0.6 is 0 Å². The lowest BCUT2D eigenvalue weighted by Crippen LogP contribution is -2.12. The number of para-hydroxylation sites is 1. The molecule has 0 unspecified atom stereocenters. The van der Waals surface area contributed by atoms with Crippen LogP contribution in [0.5, 0.6) is 11.6 Å². The van der Waals surface area contributed by atoms with Crippen molar-refractivity contribution >= 4 is 11.6 Å². The number of aryl methyl sites for hydroxylation is 2. The maximum absolute atomic E-state index is 13.8. The van der Waals surface area contributed by atoms with Gasteiger partial charge in [0.15, 0.2) is 0 Å². The first kappa shape index (κ1) is 22.2. The summed E-state index contributed by atoms with van der Waals surface area (Å²) in [5.41, 5.74) is 3.63. The van der Waals surface area contributed by atoms with Gasteiger partial charge in [-0.15, -0.1) is 0 Å². The number of benzene rings is 3. The molecular weight excluding hydrogens is 424 g/mol. The smallest absolute Gasteiger partial charge is 0.226 e. The molecule has 1 N–H and O–H groups in total. The highest BCUT2D eigenvalue weighted by molar-refractivity contribution is 5.90. The van der Waals surface area contributed by atoms with E-state index in [9.17, 15) is 13.6 Å². The topological polar surface area (TPSA) is 56.2 Å². The lowest BCUT2D eigenvalue weighted by Gasteiger charge is -2.13. The molecule has 3 aromatic carbocycles. The number of aromatic nitrogens is 2. The van der Waals surface area contributed by atoms with E-state index in [0.29, 0.717) is 29.4 Å². The van der Waals surface area contributed by atoms with Crippen molar-refractivity contribution in [1.29, 1.82) is 0 Å². The van der Waals surface area contributed by atoms with Crippen LogP contribution in [0.3, 0.4) is 0 Å². The predicted octanol–water partition coefficient (Wildman–Crippen LogP) is 6.13. The van der Waals surface area contributed by atoms with Crippen LogP contribution in [0, 0.1) is 25.5 Å². The molecule has 1 heterocycles. The minimum atomic E-state index is -0.422. The average Bonchev–Trinajstić information content (AvgIpc) is 3.07. The molecule has 7 heteroatoms. The fourth-order valence-electron chi connectivity index (χ4n) is 3.57. The van der Waals surface area contributed by atoms with E-state index < -0.39 is 11.6 Å². The number of carbonyl (C=O) groups excluding carboxylic acids is 1. The number of nitrogens with one attached hydrogen (secondary N) is 1. The van der Waals surface area contributed by atoms with Gasteiger partial charge in [0.1, 0.15) is 17.4 Å². The van der Waals surface area contributed by atoms with E-state index in [4.69, 9.17) is 4.74 Å². The summed E-state index contributed by atoms with van der Waals surface area (Å²) in [5, 5.41) is 7.35. The monoisotopic (exact) mass is 447 g/mol. The van der Waals surface area contributed by atoms with Crippen molar-refractivity contribution in [3.63, 3.8) is 0 Å². The first-order valence-corrected chi connectivity index (χ1v) is 10.5. The van der Waals surface area contributed by atoms with Gasteiger partial charge in [-0.05, 0) is 62.2 Å². The molecule has 0 atom stereocenters. The van der Waals surface area contributed by atoms with Crippen molar-refractivity contribution in [3.05, 3.63) is 101 Å². The number of anilines is 1. The van der Waals surface area contributed by atoms with Crippen LogP contribution in [0.4, 0.5) is 14.5 Å². The molecule has 4 rings (SSSR count). The summed E-state index contributed by atoms with van der Waals surface area (Å²) in [6.45, 7) is 3.80. The molecule has 4 aromatic rings. The Morgan fingerprint density at radius 2 is 1.70 bits per heavy atom. The van der Waals surface area contributed by atoms with Crippen LogP contribution in [0.2, 0.25) is 0 Å². The van der Waals surface area contributed by atoms with Crippen LogP contribution in [0.15, 0.2) is 72.8 Å². The molecule has 0 aliphatic heterocycles. The van der Waals surface area contributed by atoms with Gasteiger partial charge in [0.05, 0.1) is 11.4 Å². The van der Waals surface area contributed by atoms with E-state index in [1.54, 1.807) is 22.9 Å². The van der Waals surface area contributed by atoms with E-state index >= 15 is 0 Å². The van der Waals surface area contributed by atoms with Crippen LogP contribution in [-0.2, 0) is 11.2 Å². The van der Waals surface area contributed by atoms with Crippen LogP contribution in [0.25, 0.3) is 5.69 Å². The molecule has 0 bridgehead atoms. The van der Waals surface area contributed by atoms with Crippen LogP contribution in [-0.4, -0.2) is 15.7 Å². The first-order valence-electron chi connectivity index (χ1n) is 10.5. The summed E-state index contributed by atoms with van der Waals surface area (Å²) < 4.78 is 34.9. The predicted molar refractivity (Wildman–Crippen MR) is 123 cm³/mol. The molecule has 0 aliphatic carbocycles. The molecule has 0 aliphatic rings. The third-order valence-electron chi connectivity index (χ3n) is 5.20. The van der Waals surface area contributed by atoms with E-state index in [0.717, 1.165) is 16.8 Å². The normalized spacial score (nSPS) is 10.8.